The predicted molar refractivity (Wildman–Crippen MR) is 69.6 cm³/mol. The summed E-state index contributed by atoms with van der Waals surface area (Å²) in [5, 5.41) is 2.56. The summed E-state index contributed by atoms with van der Waals surface area (Å²) in [6, 6.07) is 6.48. The highest BCUT2D eigenvalue weighted by Gasteiger charge is 2.20. The van der Waals surface area contributed by atoms with Crippen LogP contribution in [0.3, 0.4) is 0 Å². The molecule has 94 valence electrons. The molecule has 4 heteroatoms. The molecular weight excluding hydrogens is 237 g/mol. The second kappa shape index (κ2) is 5.54. The molecule has 17 heavy (non-hydrogen) atoms. The van der Waals surface area contributed by atoms with Crippen molar-refractivity contribution in [1.29, 1.82) is 0 Å². The van der Waals surface area contributed by atoms with Gasteiger partial charge >= 0.3 is 0 Å². The maximum Gasteiger partial charge on any atom is 0.233 e. The zero-order valence-corrected chi connectivity index (χ0v) is 11.4. The van der Waals surface area contributed by atoms with Crippen LogP contribution in [-0.2, 0) is 4.79 Å². The highest BCUT2D eigenvalue weighted by molar-refractivity contribution is 8.00. The SMILES string of the molecule is CC(Sc1ccccc1F)C(=O)NC(C)(C)C. The first-order chi connectivity index (χ1) is 7.79. The summed E-state index contributed by atoms with van der Waals surface area (Å²) in [6.07, 6.45) is 0. The minimum absolute atomic E-state index is 0.0780. The number of hydrogen-bond acceptors (Lipinski definition) is 2. The molecule has 0 aromatic heterocycles. The van der Waals surface area contributed by atoms with Crippen molar-refractivity contribution in [2.45, 2.75) is 43.4 Å². The Balaban J connectivity index is 2.64. The van der Waals surface area contributed by atoms with Gasteiger partial charge in [-0.2, -0.15) is 0 Å². The van der Waals surface area contributed by atoms with Crippen molar-refractivity contribution in [3.8, 4) is 0 Å². The molecule has 0 saturated carbocycles. The van der Waals surface area contributed by atoms with Crippen LogP contribution >= 0.6 is 11.8 Å². The van der Waals surface area contributed by atoms with Crippen molar-refractivity contribution >= 4 is 17.7 Å². The van der Waals surface area contributed by atoms with E-state index in [1.165, 1.54) is 17.8 Å². The Kier molecular flexibility index (Phi) is 4.57. The number of hydrogen-bond donors (Lipinski definition) is 1. The van der Waals surface area contributed by atoms with Gasteiger partial charge in [0.25, 0.3) is 0 Å². The molecule has 1 aromatic carbocycles. The first-order valence-electron chi connectivity index (χ1n) is 5.53. The van der Waals surface area contributed by atoms with Crippen LogP contribution in [0.2, 0.25) is 0 Å². The summed E-state index contributed by atoms with van der Waals surface area (Å²) in [5.41, 5.74) is -0.263. The summed E-state index contributed by atoms with van der Waals surface area (Å²) in [5.74, 6) is -0.362. The largest absolute Gasteiger partial charge is 0.351 e. The summed E-state index contributed by atoms with van der Waals surface area (Å²) in [7, 11) is 0. The van der Waals surface area contributed by atoms with Gasteiger partial charge in [-0.1, -0.05) is 12.1 Å². The molecule has 1 atom stereocenters. The van der Waals surface area contributed by atoms with E-state index in [9.17, 15) is 9.18 Å². The molecule has 0 aliphatic carbocycles. The zero-order chi connectivity index (χ0) is 13.1. The van der Waals surface area contributed by atoms with E-state index < -0.39 is 0 Å². The minimum atomic E-state index is -0.314. The van der Waals surface area contributed by atoms with Crippen LogP contribution in [0.25, 0.3) is 0 Å². The maximum absolute atomic E-state index is 13.4. The Morgan fingerprint density at radius 2 is 1.94 bits per heavy atom. The van der Waals surface area contributed by atoms with E-state index in [2.05, 4.69) is 5.32 Å². The second-order valence-electron chi connectivity index (χ2n) is 4.93. The van der Waals surface area contributed by atoms with E-state index in [0.717, 1.165) is 0 Å². The fourth-order valence-corrected chi connectivity index (χ4v) is 2.14. The molecule has 1 N–H and O–H groups in total. The average molecular weight is 255 g/mol. The number of halogens is 1. The van der Waals surface area contributed by atoms with Crippen molar-refractivity contribution in [1.82, 2.24) is 5.32 Å². The molecule has 2 nitrogen and oxygen atoms in total. The number of amides is 1. The Labute approximate surface area is 106 Å². The van der Waals surface area contributed by atoms with Gasteiger partial charge < -0.3 is 5.32 Å². The minimum Gasteiger partial charge on any atom is -0.351 e. The van der Waals surface area contributed by atoms with E-state index >= 15 is 0 Å². The highest BCUT2D eigenvalue weighted by Crippen LogP contribution is 2.26. The van der Waals surface area contributed by atoms with E-state index in [1.54, 1.807) is 25.1 Å². The number of carbonyl (C=O) groups is 1. The van der Waals surface area contributed by atoms with Crippen LogP contribution < -0.4 is 5.32 Å². The molecule has 0 radical (unpaired) electrons. The van der Waals surface area contributed by atoms with Gasteiger partial charge in [-0.3, -0.25) is 4.79 Å². The summed E-state index contributed by atoms with van der Waals surface area (Å²) >= 11 is 1.23. The number of benzene rings is 1. The van der Waals surface area contributed by atoms with Gasteiger partial charge in [-0.15, -0.1) is 11.8 Å². The molecule has 0 bridgehead atoms. The topological polar surface area (TPSA) is 29.1 Å². The Morgan fingerprint density at radius 1 is 1.35 bits per heavy atom. The summed E-state index contributed by atoms with van der Waals surface area (Å²) in [4.78, 5) is 12.3. The number of thioether (sulfide) groups is 1. The van der Waals surface area contributed by atoms with Crippen LogP contribution in [0.4, 0.5) is 4.39 Å². The standard InChI is InChI=1S/C13H18FNOS/c1-9(12(16)15-13(2,3)4)17-11-8-6-5-7-10(11)14/h5-9H,1-4H3,(H,15,16). The average Bonchev–Trinajstić information content (AvgIpc) is 2.18. The third-order valence-corrected chi connectivity index (χ3v) is 3.16. The lowest BCUT2D eigenvalue weighted by atomic mass is 10.1. The zero-order valence-electron chi connectivity index (χ0n) is 10.6. The first kappa shape index (κ1) is 14.0. The summed E-state index contributed by atoms with van der Waals surface area (Å²) in [6.45, 7) is 7.54. The Hall–Kier alpha value is -1.03. The van der Waals surface area contributed by atoms with Crippen LogP contribution in [0.15, 0.2) is 29.2 Å². The lowest BCUT2D eigenvalue weighted by Crippen LogP contribution is -2.44. The molecular formula is C13H18FNOS. The number of rotatable bonds is 3. The molecule has 0 saturated heterocycles. The number of carbonyl (C=O) groups excluding carboxylic acids is 1. The predicted octanol–water partition coefficient (Wildman–Crippen LogP) is 3.22. The Bertz CT molecular complexity index is 401. The van der Waals surface area contributed by atoms with Crippen molar-refractivity contribution in [2.24, 2.45) is 0 Å². The third-order valence-electron chi connectivity index (χ3n) is 2.01. The van der Waals surface area contributed by atoms with Gasteiger partial charge in [-0.25, -0.2) is 4.39 Å². The summed E-state index contributed by atoms with van der Waals surface area (Å²) < 4.78 is 13.4. The molecule has 0 aliphatic rings. The van der Waals surface area contributed by atoms with Crippen LogP contribution in [0, 0.1) is 5.82 Å². The highest BCUT2D eigenvalue weighted by atomic mass is 32.2. The van der Waals surface area contributed by atoms with Crippen LogP contribution in [0.1, 0.15) is 27.7 Å². The van der Waals surface area contributed by atoms with Gasteiger partial charge in [-0.05, 0) is 39.8 Å². The van der Waals surface area contributed by atoms with E-state index in [4.69, 9.17) is 0 Å². The van der Waals surface area contributed by atoms with Crippen LogP contribution in [-0.4, -0.2) is 16.7 Å². The lowest BCUT2D eigenvalue weighted by molar-refractivity contribution is -0.121. The molecule has 0 fully saturated rings. The van der Waals surface area contributed by atoms with E-state index in [0.29, 0.717) is 4.90 Å². The van der Waals surface area contributed by atoms with Gasteiger partial charge in [0.15, 0.2) is 0 Å². The quantitative estimate of drug-likeness (QED) is 0.840. The van der Waals surface area contributed by atoms with Gasteiger partial charge in [0.1, 0.15) is 5.82 Å². The molecule has 1 amide bonds. The van der Waals surface area contributed by atoms with Crippen LogP contribution in [0.5, 0.6) is 0 Å². The van der Waals surface area contributed by atoms with Crippen molar-refractivity contribution in [3.05, 3.63) is 30.1 Å². The molecule has 1 rings (SSSR count). The molecule has 0 aliphatic heterocycles. The molecule has 0 heterocycles. The molecule has 1 unspecified atom stereocenters. The fraction of sp³-hybridized carbons (Fsp3) is 0.462. The first-order valence-corrected chi connectivity index (χ1v) is 6.41. The van der Waals surface area contributed by atoms with Crippen molar-refractivity contribution in [2.75, 3.05) is 0 Å². The van der Waals surface area contributed by atoms with Gasteiger partial charge in [0.05, 0.1) is 5.25 Å². The molecule has 1 aromatic rings. The normalized spacial score (nSPS) is 13.2. The second-order valence-corrected chi connectivity index (χ2v) is 6.31. The monoisotopic (exact) mass is 255 g/mol. The smallest absolute Gasteiger partial charge is 0.233 e. The van der Waals surface area contributed by atoms with E-state index in [-0.39, 0.29) is 22.5 Å². The lowest BCUT2D eigenvalue weighted by Gasteiger charge is -2.23. The fourth-order valence-electron chi connectivity index (χ4n) is 1.26. The van der Waals surface area contributed by atoms with E-state index in [1.807, 2.05) is 20.8 Å². The van der Waals surface area contributed by atoms with Gasteiger partial charge in [0.2, 0.25) is 5.91 Å². The third kappa shape index (κ3) is 4.77. The van der Waals surface area contributed by atoms with Crippen molar-refractivity contribution in [3.63, 3.8) is 0 Å². The van der Waals surface area contributed by atoms with Crippen molar-refractivity contribution < 1.29 is 9.18 Å². The van der Waals surface area contributed by atoms with Gasteiger partial charge in [0, 0.05) is 10.4 Å². The maximum atomic E-state index is 13.4. The number of nitrogens with one attached hydrogen (secondary N) is 1. The Morgan fingerprint density at radius 3 is 2.47 bits per heavy atom. The molecule has 0 spiro atoms.